The molecule has 3 N–H and O–H groups in total. The highest BCUT2D eigenvalue weighted by Gasteiger charge is 2.28. The maximum atomic E-state index is 13.4. The van der Waals surface area contributed by atoms with Crippen LogP contribution in [0.4, 0.5) is 0 Å². The normalized spacial score (nSPS) is 14.5. The Morgan fingerprint density at radius 1 is 1.11 bits per heavy atom. The lowest BCUT2D eigenvalue weighted by atomic mass is 9.98. The number of nitrogens with zero attached hydrogens (tertiary/aromatic N) is 3. The summed E-state index contributed by atoms with van der Waals surface area (Å²) in [5.74, 6) is -1.79. The predicted molar refractivity (Wildman–Crippen MR) is 137 cm³/mol. The lowest BCUT2D eigenvalue weighted by Crippen LogP contribution is -2.30. The topological polar surface area (TPSA) is 139 Å². The number of carbonyl (C=O) groups excluding carboxylic acids is 2. The minimum absolute atomic E-state index is 0.0984. The molecule has 3 heterocycles. The quantitative estimate of drug-likeness (QED) is 0.316. The molecular weight excluding hydrogens is 486 g/mol. The van der Waals surface area contributed by atoms with Gasteiger partial charge in [-0.3, -0.25) is 9.59 Å². The lowest BCUT2D eigenvalue weighted by molar-refractivity contribution is 0.0695. The number of hydrogen-bond donors (Lipinski definition) is 3. The number of carbonyl (C=O) groups is 3. The van der Waals surface area contributed by atoms with Crippen molar-refractivity contribution in [1.82, 2.24) is 25.2 Å². The molecule has 10 heteroatoms. The number of carboxylic acid groups (broad SMARTS) is 1. The van der Waals surface area contributed by atoms with Crippen molar-refractivity contribution in [2.75, 3.05) is 0 Å². The molecule has 0 bridgehead atoms. The molecule has 0 radical (unpaired) electrons. The summed E-state index contributed by atoms with van der Waals surface area (Å²) in [7, 11) is 0. The van der Waals surface area contributed by atoms with E-state index in [1.165, 1.54) is 16.8 Å². The summed E-state index contributed by atoms with van der Waals surface area (Å²) >= 11 is 0. The Morgan fingerprint density at radius 2 is 1.97 bits per heavy atom. The fourth-order valence-electron chi connectivity index (χ4n) is 5.08. The summed E-state index contributed by atoms with van der Waals surface area (Å²) in [4.78, 5) is 42.3. The van der Waals surface area contributed by atoms with Gasteiger partial charge < -0.3 is 20.2 Å². The molecule has 0 aliphatic heterocycles. The van der Waals surface area contributed by atoms with E-state index < -0.39 is 17.8 Å². The van der Waals surface area contributed by atoms with Crippen LogP contribution in [0.3, 0.4) is 0 Å². The first-order valence-electron chi connectivity index (χ1n) is 12.1. The molecule has 3 aromatic heterocycles. The van der Waals surface area contributed by atoms with E-state index in [0.29, 0.717) is 18.5 Å². The zero-order valence-corrected chi connectivity index (χ0v) is 20.4. The highest BCUT2D eigenvalue weighted by molar-refractivity contribution is 5.98. The van der Waals surface area contributed by atoms with Gasteiger partial charge in [0.2, 0.25) is 0 Å². The van der Waals surface area contributed by atoms with Crippen molar-refractivity contribution in [2.45, 2.75) is 32.4 Å². The maximum absolute atomic E-state index is 13.4. The second-order valence-corrected chi connectivity index (χ2v) is 9.28. The van der Waals surface area contributed by atoms with Gasteiger partial charge in [0.05, 0.1) is 24.1 Å². The van der Waals surface area contributed by atoms with Crippen molar-refractivity contribution in [1.29, 1.82) is 0 Å². The molecule has 1 aliphatic carbocycles. The number of hydrogen-bond acceptors (Lipinski definition) is 6. The molecule has 2 aromatic carbocycles. The summed E-state index contributed by atoms with van der Waals surface area (Å²) in [6.07, 6.45) is 4.44. The van der Waals surface area contributed by atoms with Crippen LogP contribution >= 0.6 is 0 Å². The molecule has 10 nitrogen and oxygen atoms in total. The van der Waals surface area contributed by atoms with Crippen LogP contribution in [0.2, 0.25) is 0 Å². The van der Waals surface area contributed by atoms with Crippen molar-refractivity contribution in [2.24, 2.45) is 0 Å². The van der Waals surface area contributed by atoms with Crippen molar-refractivity contribution in [3.05, 3.63) is 100 Å². The molecular formula is C28H23N5O5. The Kier molecular flexibility index (Phi) is 5.64. The first kappa shape index (κ1) is 23.4. The molecule has 190 valence electrons. The number of amides is 2. The first-order valence-corrected chi connectivity index (χ1v) is 12.1. The van der Waals surface area contributed by atoms with Crippen molar-refractivity contribution in [3.8, 4) is 0 Å². The molecule has 0 spiro atoms. The van der Waals surface area contributed by atoms with Gasteiger partial charge in [0.25, 0.3) is 11.8 Å². The maximum Gasteiger partial charge on any atom is 0.335 e. The van der Waals surface area contributed by atoms with Crippen LogP contribution in [-0.2, 0) is 13.0 Å². The highest BCUT2D eigenvalue weighted by atomic mass is 16.4. The molecule has 0 unspecified atom stereocenters. The molecule has 6 rings (SSSR count). The molecule has 5 aromatic rings. The zero-order chi connectivity index (χ0) is 26.4. The van der Waals surface area contributed by atoms with Crippen molar-refractivity contribution < 1.29 is 23.9 Å². The van der Waals surface area contributed by atoms with Crippen LogP contribution in [0.1, 0.15) is 66.1 Å². The Bertz CT molecular complexity index is 1750. The van der Waals surface area contributed by atoms with Gasteiger partial charge >= 0.3 is 5.97 Å². The van der Waals surface area contributed by atoms with Crippen LogP contribution in [0.5, 0.6) is 0 Å². The largest absolute Gasteiger partial charge is 0.478 e. The molecule has 2 amide bonds. The fourth-order valence-corrected chi connectivity index (χ4v) is 5.08. The van der Waals surface area contributed by atoms with Crippen LogP contribution in [0.25, 0.3) is 16.6 Å². The van der Waals surface area contributed by atoms with E-state index >= 15 is 0 Å². The average Bonchev–Trinajstić information content (AvgIpc) is 3.66. The number of aromatic nitrogens is 3. The van der Waals surface area contributed by atoms with Crippen LogP contribution < -0.4 is 10.6 Å². The summed E-state index contributed by atoms with van der Waals surface area (Å²) in [5.41, 5.74) is 5.15. The number of fused-ring (bicyclic) bond motifs is 3. The predicted octanol–water partition coefficient (Wildman–Crippen LogP) is 3.83. The van der Waals surface area contributed by atoms with Gasteiger partial charge in [0.15, 0.2) is 5.65 Å². The second-order valence-electron chi connectivity index (χ2n) is 9.28. The summed E-state index contributed by atoms with van der Waals surface area (Å²) in [5, 5.41) is 20.5. The number of benzene rings is 2. The number of rotatable bonds is 6. The van der Waals surface area contributed by atoms with E-state index in [2.05, 4.69) is 20.7 Å². The van der Waals surface area contributed by atoms with Gasteiger partial charge in [-0.1, -0.05) is 12.1 Å². The van der Waals surface area contributed by atoms with Crippen molar-refractivity contribution >= 4 is 34.4 Å². The third-order valence-electron chi connectivity index (χ3n) is 7.02. The summed E-state index contributed by atoms with van der Waals surface area (Å²) < 4.78 is 6.75. The number of furan rings is 1. The molecule has 0 saturated carbocycles. The van der Waals surface area contributed by atoms with E-state index in [1.54, 1.807) is 31.4 Å². The van der Waals surface area contributed by atoms with E-state index in [-0.39, 0.29) is 29.5 Å². The summed E-state index contributed by atoms with van der Waals surface area (Å²) in [6, 6.07) is 13.6. The van der Waals surface area contributed by atoms with E-state index in [9.17, 15) is 19.5 Å². The van der Waals surface area contributed by atoms with Gasteiger partial charge in [0.1, 0.15) is 17.0 Å². The Balaban J connectivity index is 1.23. The van der Waals surface area contributed by atoms with E-state index in [1.807, 2.05) is 24.3 Å². The van der Waals surface area contributed by atoms with Crippen molar-refractivity contribution in [3.63, 3.8) is 0 Å². The van der Waals surface area contributed by atoms with Crippen LogP contribution in [0, 0.1) is 6.92 Å². The van der Waals surface area contributed by atoms with Crippen LogP contribution in [-0.4, -0.2) is 37.5 Å². The molecule has 0 saturated heterocycles. The molecule has 1 aliphatic rings. The summed E-state index contributed by atoms with van der Waals surface area (Å²) in [6.45, 7) is 2.07. The molecule has 1 atom stereocenters. The Hall–Kier alpha value is -4.99. The molecule has 0 fully saturated rings. The average molecular weight is 510 g/mol. The van der Waals surface area contributed by atoms with Crippen LogP contribution in [0.15, 0.2) is 65.4 Å². The monoisotopic (exact) mass is 509 g/mol. The molecule has 38 heavy (non-hydrogen) atoms. The Labute approximate surface area is 216 Å². The minimum Gasteiger partial charge on any atom is -0.478 e. The standard InChI is InChI=1S/C28H23N5O5/c1-15-18-5-6-21(20(18)4-3-19(15)28(36)37)32-27(35)23-13-22(31-25-8-10-30-33(23)25)26(34)29-14-16-2-7-24-17(12-16)9-11-38-24/h2-4,7-13,21H,5-6,14H2,1H3,(H,29,34)(H,32,35)(H,36,37)/t21-/m0/s1. The number of carboxylic acids is 1. The number of aromatic carboxylic acids is 1. The third kappa shape index (κ3) is 4.05. The van der Waals surface area contributed by atoms with E-state index in [0.717, 1.165) is 33.2 Å². The SMILES string of the molecule is Cc1c(C(=O)O)ccc2c1CC[C@@H]2NC(=O)c1cc(C(=O)NCc2ccc3occc3c2)nc2ccnn12. The lowest BCUT2D eigenvalue weighted by Gasteiger charge is -2.16. The zero-order valence-electron chi connectivity index (χ0n) is 20.4. The first-order chi connectivity index (χ1) is 18.4. The van der Waals surface area contributed by atoms with Gasteiger partial charge in [-0.25, -0.2) is 14.3 Å². The number of nitrogens with one attached hydrogen (secondary N) is 2. The highest BCUT2D eigenvalue weighted by Crippen LogP contribution is 2.35. The van der Waals surface area contributed by atoms with Gasteiger partial charge in [0, 0.05) is 24.1 Å². The minimum atomic E-state index is -0.969. The fraction of sp³-hybridized carbons (Fsp3) is 0.179. The second kappa shape index (κ2) is 9.15. The van der Waals surface area contributed by atoms with Gasteiger partial charge in [-0.15, -0.1) is 0 Å². The Morgan fingerprint density at radius 3 is 2.82 bits per heavy atom. The van der Waals surface area contributed by atoms with Gasteiger partial charge in [-0.05, 0) is 66.3 Å². The third-order valence-corrected chi connectivity index (χ3v) is 7.02. The smallest absolute Gasteiger partial charge is 0.335 e. The van der Waals surface area contributed by atoms with Gasteiger partial charge in [-0.2, -0.15) is 5.10 Å². The van der Waals surface area contributed by atoms with E-state index in [4.69, 9.17) is 4.42 Å².